The molecule has 0 aromatic carbocycles. The van der Waals surface area contributed by atoms with Crippen LogP contribution in [0.15, 0.2) is 0 Å². The van der Waals surface area contributed by atoms with Gasteiger partial charge in [-0.2, -0.15) is 4.79 Å². The third-order valence-corrected chi connectivity index (χ3v) is 3.57. The summed E-state index contributed by atoms with van der Waals surface area (Å²) >= 11 is 0. The molecule has 0 bridgehead atoms. The summed E-state index contributed by atoms with van der Waals surface area (Å²) in [6.45, 7) is 7.39. The molecule has 0 aliphatic carbocycles. The van der Waals surface area contributed by atoms with Gasteiger partial charge >= 0.3 is 12.1 Å². The molecule has 1 heterocycles. The Morgan fingerprint density at radius 2 is 1.91 bits per heavy atom. The first-order valence-electron chi connectivity index (χ1n) is 7.68. The molecule has 1 saturated heterocycles. The van der Waals surface area contributed by atoms with Gasteiger partial charge in [-0.1, -0.05) is 0 Å². The maximum Gasteiger partial charge on any atom is 0.559 e. The number of quaternary nitrogens is 1. The summed E-state index contributed by atoms with van der Waals surface area (Å²) in [6.07, 6.45) is 2.19. The molecule has 0 radical (unpaired) electrons. The lowest BCUT2D eigenvalue weighted by Gasteiger charge is -2.32. The standard InChI is InChI=1S/C15H28N3O4/c1-11(19)22-18(14(20)21-15(2,3)4)8-5-6-12(7-9-18)10-13(16)17/h12H,5-10H2,1-4H3,(H3,16,17)/q+1. The molecule has 0 aromatic heterocycles. The van der Waals surface area contributed by atoms with Crippen LogP contribution in [-0.4, -0.2) is 41.2 Å². The molecule has 126 valence electrons. The largest absolute Gasteiger partial charge is 0.559 e. The molecule has 1 fully saturated rings. The van der Waals surface area contributed by atoms with Crippen molar-refractivity contribution >= 4 is 17.9 Å². The monoisotopic (exact) mass is 314 g/mol. The summed E-state index contributed by atoms with van der Waals surface area (Å²) in [4.78, 5) is 29.4. The molecule has 3 N–H and O–H groups in total. The van der Waals surface area contributed by atoms with E-state index in [0.29, 0.717) is 32.4 Å². The maximum atomic E-state index is 12.6. The van der Waals surface area contributed by atoms with E-state index in [0.717, 1.165) is 6.42 Å². The number of nitrogens with zero attached hydrogens (tertiary/aromatic N) is 1. The van der Waals surface area contributed by atoms with Gasteiger partial charge in [0.15, 0.2) is 0 Å². The minimum atomic E-state index is -0.645. The number of likely N-dealkylation sites (tertiary alicyclic amines) is 1. The van der Waals surface area contributed by atoms with Gasteiger partial charge in [0.2, 0.25) is 0 Å². The van der Waals surface area contributed by atoms with E-state index in [-0.39, 0.29) is 11.8 Å². The number of hydroxylamine groups is 3. The fourth-order valence-corrected chi connectivity index (χ4v) is 2.70. The highest BCUT2D eigenvalue weighted by Crippen LogP contribution is 2.28. The van der Waals surface area contributed by atoms with Crippen molar-refractivity contribution in [3.63, 3.8) is 0 Å². The summed E-state index contributed by atoms with van der Waals surface area (Å²) in [6, 6.07) is 0. The van der Waals surface area contributed by atoms with Crippen LogP contribution in [0.3, 0.4) is 0 Å². The molecule has 7 nitrogen and oxygen atoms in total. The number of amidine groups is 1. The van der Waals surface area contributed by atoms with Gasteiger partial charge in [0.25, 0.3) is 0 Å². The Morgan fingerprint density at radius 3 is 2.41 bits per heavy atom. The zero-order chi connectivity index (χ0) is 17.0. The molecule has 2 atom stereocenters. The summed E-state index contributed by atoms with van der Waals surface area (Å²) in [5.74, 6) is -0.124. The van der Waals surface area contributed by atoms with E-state index >= 15 is 0 Å². The average Bonchev–Trinajstić information content (AvgIpc) is 2.49. The number of ether oxygens (including phenoxy) is 1. The maximum absolute atomic E-state index is 12.6. The second-order valence-electron chi connectivity index (χ2n) is 6.93. The fourth-order valence-electron chi connectivity index (χ4n) is 2.70. The van der Waals surface area contributed by atoms with Gasteiger partial charge in [-0.25, -0.2) is 4.79 Å². The Kier molecular flexibility index (Phi) is 5.93. The Bertz CT molecular complexity index is 445. The van der Waals surface area contributed by atoms with Crippen LogP contribution >= 0.6 is 0 Å². The second kappa shape index (κ2) is 7.09. The molecule has 7 heteroatoms. The summed E-state index contributed by atoms with van der Waals surface area (Å²) in [7, 11) is 0. The number of hydrogen-bond donors (Lipinski definition) is 2. The third-order valence-electron chi connectivity index (χ3n) is 3.57. The Hall–Kier alpha value is -1.63. The third kappa shape index (κ3) is 5.63. The molecule has 2 unspecified atom stereocenters. The first-order valence-corrected chi connectivity index (χ1v) is 7.68. The summed E-state index contributed by atoms with van der Waals surface area (Å²) in [5, 5.41) is 7.41. The van der Waals surface area contributed by atoms with Gasteiger partial charge in [-0.3, -0.25) is 10.2 Å². The minimum absolute atomic E-state index is 0.148. The number of carbonyl (C=O) groups excluding carboxylic acids is 2. The molecular formula is C15H28N3O4+. The lowest BCUT2D eigenvalue weighted by atomic mass is 9.97. The number of amides is 1. The quantitative estimate of drug-likeness (QED) is 0.462. The zero-order valence-electron chi connectivity index (χ0n) is 14.0. The van der Waals surface area contributed by atoms with Gasteiger partial charge < -0.3 is 10.5 Å². The highest BCUT2D eigenvalue weighted by atomic mass is 16.8. The van der Waals surface area contributed by atoms with Crippen molar-refractivity contribution in [2.24, 2.45) is 11.7 Å². The van der Waals surface area contributed by atoms with Crippen LogP contribution in [0.1, 0.15) is 53.4 Å². The van der Waals surface area contributed by atoms with Crippen molar-refractivity contribution in [1.29, 1.82) is 5.41 Å². The number of carbonyl (C=O) groups is 2. The number of hydrogen-bond acceptors (Lipinski definition) is 5. The number of rotatable bonds is 2. The molecule has 0 aromatic rings. The number of nitrogens with one attached hydrogen (secondary N) is 1. The lowest BCUT2D eigenvalue weighted by molar-refractivity contribution is -1.03. The fraction of sp³-hybridized carbons (Fsp3) is 0.800. The predicted octanol–water partition coefficient (Wildman–Crippen LogP) is 2.34. The topological polar surface area (TPSA) is 102 Å². The van der Waals surface area contributed by atoms with Crippen molar-refractivity contribution in [2.75, 3.05) is 13.1 Å². The van der Waals surface area contributed by atoms with E-state index in [4.69, 9.17) is 20.7 Å². The smallest absolute Gasteiger partial charge is 0.411 e. The van der Waals surface area contributed by atoms with Crippen LogP contribution in [0, 0.1) is 11.3 Å². The Balaban J connectivity index is 2.90. The van der Waals surface area contributed by atoms with Crippen LogP contribution in [-0.2, 0) is 14.4 Å². The molecule has 0 spiro atoms. The van der Waals surface area contributed by atoms with Crippen molar-refractivity contribution in [3.8, 4) is 0 Å². The molecule has 1 aliphatic heterocycles. The van der Waals surface area contributed by atoms with Gasteiger partial charge in [0.1, 0.15) is 18.7 Å². The Morgan fingerprint density at radius 1 is 1.27 bits per heavy atom. The minimum Gasteiger partial charge on any atom is -0.411 e. The van der Waals surface area contributed by atoms with E-state index in [1.807, 2.05) is 0 Å². The normalized spacial score (nSPS) is 25.9. The summed E-state index contributed by atoms with van der Waals surface area (Å²) in [5.41, 5.74) is 4.82. The van der Waals surface area contributed by atoms with Crippen molar-refractivity contribution in [2.45, 2.75) is 59.0 Å². The van der Waals surface area contributed by atoms with Crippen LogP contribution in [0.4, 0.5) is 4.79 Å². The SMILES string of the molecule is CC(=O)O[N+]1(C(=O)OC(C)(C)C)CCCC(CC(=N)N)CC1. The van der Waals surface area contributed by atoms with Crippen LogP contribution in [0.25, 0.3) is 0 Å². The molecule has 0 saturated carbocycles. The van der Waals surface area contributed by atoms with Crippen LogP contribution in [0.2, 0.25) is 0 Å². The van der Waals surface area contributed by atoms with E-state index < -0.39 is 22.3 Å². The average molecular weight is 314 g/mol. The molecule has 1 rings (SSSR count). The van der Waals surface area contributed by atoms with Crippen LogP contribution < -0.4 is 5.73 Å². The van der Waals surface area contributed by atoms with Gasteiger partial charge in [0, 0.05) is 26.2 Å². The van der Waals surface area contributed by atoms with E-state index in [1.54, 1.807) is 20.8 Å². The van der Waals surface area contributed by atoms with E-state index in [9.17, 15) is 9.59 Å². The molecular weight excluding hydrogens is 286 g/mol. The van der Waals surface area contributed by atoms with Gasteiger partial charge in [0.05, 0.1) is 5.84 Å². The van der Waals surface area contributed by atoms with Gasteiger partial charge in [-0.05, 0) is 37.8 Å². The first-order chi connectivity index (χ1) is 10.0. The van der Waals surface area contributed by atoms with Gasteiger partial charge in [-0.15, -0.1) is 0 Å². The highest BCUT2D eigenvalue weighted by molar-refractivity contribution is 5.77. The Labute approximate surface area is 131 Å². The second-order valence-corrected chi connectivity index (χ2v) is 6.93. The lowest BCUT2D eigenvalue weighted by Crippen LogP contribution is -2.56. The predicted molar refractivity (Wildman–Crippen MR) is 81.9 cm³/mol. The molecule has 1 amide bonds. The molecule has 22 heavy (non-hydrogen) atoms. The highest BCUT2D eigenvalue weighted by Gasteiger charge is 2.47. The van der Waals surface area contributed by atoms with Crippen molar-refractivity contribution < 1.29 is 23.8 Å². The van der Waals surface area contributed by atoms with Crippen molar-refractivity contribution in [3.05, 3.63) is 0 Å². The number of nitrogens with two attached hydrogens (primary N) is 1. The van der Waals surface area contributed by atoms with E-state index in [2.05, 4.69) is 0 Å². The van der Waals surface area contributed by atoms with Crippen LogP contribution in [0.5, 0.6) is 0 Å². The zero-order valence-corrected chi connectivity index (χ0v) is 14.0. The summed E-state index contributed by atoms with van der Waals surface area (Å²) < 4.78 is 5.01. The van der Waals surface area contributed by atoms with E-state index in [1.165, 1.54) is 6.92 Å². The first kappa shape index (κ1) is 18.4. The molecule has 1 aliphatic rings. The van der Waals surface area contributed by atoms with Crippen molar-refractivity contribution in [1.82, 2.24) is 0 Å².